The number of carbonyl (C=O) groups is 1. The average Bonchev–Trinajstić information content (AvgIpc) is 3.27. The normalized spacial score (nSPS) is 20.2. The van der Waals surface area contributed by atoms with Crippen LogP contribution >= 0.6 is 11.3 Å². The number of ether oxygens (including phenoxy) is 1. The number of nitrogens with zero attached hydrogens (tertiary/aromatic N) is 2. The molecule has 0 bridgehead atoms. The predicted molar refractivity (Wildman–Crippen MR) is 94.5 cm³/mol. The van der Waals surface area contributed by atoms with Crippen LogP contribution < -0.4 is 11.1 Å². The standard InChI is InChI=1S/C17H18N4O3S/c1-9-4-12(24-21-9)5-11-7-23-8-14(11)19-16(22)10-2-3-15-13(6-10)20-17(18)25-15/h2-4,6,11,14H,5,7-8H2,1H3,(H2,18,20)(H,19,22)/t11-,14+/m1/s1. The third-order valence-corrected chi connectivity index (χ3v) is 5.19. The van der Waals surface area contributed by atoms with E-state index in [9.17, 15) is 4.79 Å². The Morgan fingerprint density at radius 3 is 3.08 bits per heavy atom. The minimum absolute atomic E-state index is 0.0610. The zero-order chi connectivity index (χ0) is 17.4. The van der Waals surface area contributed by atoms with Crippen molar-refractivity contribution in [2.45, 2.75) is 19.4 Å². The Morgan fingerprint density at radius 1 is 1.40 bits per heavy atom. The van der Waals surface area contributed by atoms with Crippen molar-refractivity contribution in [2.24, 2.45) is 5.92 Å². The van der Waals surface area contributed by atoms with Gasteiger partial charge in [-0.3, -0.25) is 4.79 Å². The van der Waals surface area contributed by atoms with Gasteiger partial charge in [-0.1, -0.05) is 16.5 Å². The van der Waals surface area contributed by atoms with Crippen molar-refractivity contribution in [3.63, 3.8) is 0 Å². The maximum absolute atomic E-state index is 12.6. The lowest BCUT2D eigenvalue weighted by molar-refractivity contribution is 0.0924. The quantitative estimate of drug-likeness (QED) is 0.741. The summed E-state index contributed by atoms with van der Waals surface area (Å²) >= 11 is 1.41. The van der Waals surface area contributed by atoms with Crippen LogP contribution in [0.1, 0.15) is 21.8 Å². The molecule has 3 N–H and O–H groups in total. The first-order valence-electron chi connectivity index (χ1n) is 8.05. The van der Waals surface area contributed by atoms with Gasteiger partial charge in [0.05, 0.1) is 35.2 Å². The molecule has 0 radical (unpaired) electrons. The van der Waals surface area contributed by atoms with Crippen LogP contribution in [0.15, 0.2) is 28.8 Å². The Kier molecular flexibility index (Phi) is 4.14. The number of thiazole rings is 1. The average molecular weight is 358 g/mol. The van der Waals surface area contributed by atoms with Gasteiger partial charge < -0.3 is 20.3 Å². The second-order valence-corrected chi connectivity index (χ2v) is 7.31. The van der Waals surface area contributed by atoms with Crippen LogP contribution in [0.2, 0.25) is 0 Å². The molecule has 1 saturated heterocycles. The summed E-state index contributed by atoms with van der Waals surface area (Å²) in [4.78, 5) is 16.8. The summed E-state index contributed by atoms with van der Waals surface area (Å²) < 4.78 is 11.8. The van der Waals surface area contributed by atoms with Gasteiger partial charge in [0, 0.05) is 24.0 Å². The number of hydrogen-bond donors (Lipinski definition) is 2. The predicted octanol–water partition coefficient (Wildman–Crippen LogP) is 2.16. The number of aryl methyl sites for hydroxylation is 1. The Bertz CT molecular complexity index is 920. The van der Waals surface area contributed by atoms with Crippen LogP contribution in [-0.2, 0) is 11.2 Å². The molecule has 7 nitrogen and oxygen atoms in total. The van der Waals surface area contributed by atoms with E-state index in [-0.39, 0.29) is 17.9 Å². The highest BCUT2D eigenvalue weighted by molar-refractivity contribution is 7.22. The van der Waals surface area contributed by atoms with Crippen molar-refractivity contribution in [2.75, 3.05) is 18.9 Å². The van der Waals surface area contributed by atoms with E-state index in [1.165, 1.54) is 11.3 Å². The van der Waals surface area contributed by atoms with Gasteiger partial charge in [0.2, 0.25) is 0 Å². The van der Waals surface area contributed by atoms with Crippen LogP contribution in [0.4, 0.5) is 5.13 Å². The zero-order valence-corrected chi connectivity index (χ0v) is 14.5. The summed E-state index contributed by atoms with van der Waals surface area (Å²) in [5, 5.41) is 7.47. The molecule has 1 amide bonds. The molecule has 130 valence electrons. The van der Waals surface area contributed by atoms with E-state index in [1.54, 1.807) is 12.1 Å². The Balaban J connectivity index is 1.46. The summed E-state index contributed by atoms with van der Waals surface area (Å²) in [7, 11) is 0. The first kappa shape index (κ1) is 16.0. The van der Waals surface area contributed by atoms with Crippen molar-refractivity contribution < 1.29 is 14.1 Å². The number of rotatable bonds is 4. The third-order valence-electron chi connectivity index (χ3n) is 4.32. The Hall–Kier alpha value is -2.45. The molecule has 1 aromatic carbocycles. The smallest absolute Gasteiger partial charge is 0.251 e. The summed E-state index contributed by atoms with van der Waals surface area (Å²) in [6, 6.07) is 7.28. The fourth-order valence-electron chi connectivity index (χ4n) is 3.07. The monoisotopic (exact) mass is 358 g/mol. The number of nitrogens with one attached hydrogen (secondary N) is 1. The molecule has 0 spiro atoms. The molecule has 0 unspecified atom stereocenters. The summed E-state index contributed by atoms with van der Waals surface area (Å²) in [6.07, 6.45) is 0.688. The van der Waals surface area contributed by atoms with Gasteiger partial charge in [-0.05, 0) is 25.1 Å². The van der Waals surface area contributed by atoms with Gasteiger partial charge in [0.1, 0.15) is 5.76 Å². The topological polar surface area (TPSA) is 103 Å². The number of aromatic nitrogens is 2. The van der Waals surface area contributed by atoms with Gasteiger partial charge in [-0.25, -0.2) is 4.98 Å². The molecule has 3 heterocycles. The number of nitrogens with two attached hydrogens (primary N) is 1. The summed E-state index contributed by atoms with van der Waals surface area (Å²) in [5.41, 5.74) is 7.88. The van der Waals surface area contributed by atoms with Gasteiger partial charge in [0.25, 0.3) is 5.91 Å². The molecule has 1 aliphatic heterocycles. The highest BCUT2D eigenvalue weighted by Gasteiger charge is 2.31. The fourth-order valence-corrected chi connectivity index (χ4v) is 3.78. The number of anilines is 1. The molecule has 1 fully saturated rings. The van der Waals surface area contributed by atoms with Crippen molar-refractivity contribution in [3.8, 4) is 0 Å². The van der Waals surface area contributed by atoms with E-state index < -0.39 is 0 Å². The van der Waals surface area contributed by atoms with Crippen LogP contribution in [0.25, 0.3) is 10.2 Å². The van der Waals surface area contributed by atoms with Crippen LogP contribution in [0.5, 0.6) is 0 Å². The maximum atomic E-state index is 12.6. The number of carbonyl (C=O) groups excluding carboxylic acids is 1. The minimum Gasteiger partial charge on any atom is -0.379 e. The minimum atomic E-state index is -0.136. The van der Waals surface area contributed by atoms with Crippen molar-refractivity contribution in [1.82, 2.24) is 15.5 Å². The molecule has 1 aliphatic rings. The van der Waals surface area contributed by atoms with E-state index in [2.05, 4.69) is 15.5 Å². The van der Waals surface area contributed by atoms with Crippen LogP contribution in [0.3, 0.4) is 0 Å². The molecule has 4 rings (SSSR count). The van der Waals surface area contributed by atoms with E-state index in [4.69, 9.17) is 15.0 Å². The first-order chi connectivity index (χ1) is 12.1. The molecule has 25 heavy (non-hydrogen) atoms. The molecular formula is C17H18N4O3S. The number of amides is 1. The molecule has 2 aromatic heterocycles. The maximum Gasteiger partial charge on any atom is 0.251 e. The highest BCUT2D eigenvalue weighted by Crippen LogP contribution is 2.25. The number of nitrogen functional groups attached to an aromatic ring is 1. The number of fused-ring (bicyclic) bond motifs is 1. The van der Waals surface area contributed by atoms with E-state index in [0.717, 1.165) is 21.7 Å². The van der Waals surface area contributed by atoms with E-state index >= 15 is 0 Å². The lowest BCUT2D eigenvalue weighted by atomic mass is 9.98. The van der Waals surface area contributed by atoms with Gasteiger partial charge in [0.15, 0.2) is 5.13 Å². The van der Waals surface area contributed by atoms with Gasteiger partial charge >= 0.3 is 0 Å². The largest absolute Gasteiger partial charge is 0.379 e. The summed E-state index contributed by atoms with van der Waals surface area (Å²) in [5.74, 6) is 0.837. The highest BCUT2D eigenvalue weighted by atomic mass is 32.1. The number of hydrogen-bond acceptors (Lipinski definition) is 7. The van der Waals surface area contributed by atoms with Crippen molar-refractivity contribution >= 4 is 32.6 Å². The lowest BCUT2D eigenvalue weighted by Crippen LogP contribution is -2.40. The van der Waals surface area contributed by atoms with Crippen LogP contribution in [-0.4, -0.2) is 35.3 Å². The first-order valence-corrected chi connectivity index (χ1v) is 8.87. The SMILES string of the molecule is Cc1cc(C[C@@H]2COC[C@@H]2NC(=O)c2ccc3sc(N)nc3c2)on1. The molecule has 3 aromatic rings. The van der Waals surface area contributed by atoms with Crippen LogP contribution in [0, 0.1) is 12.8 Å². The molecular weight excluding hydrogens is 340 g/mol. The molecule has 0 aliphatic carbocycles. The number of benzene rings is 1. The summed E-state index contributed by atoms with van der Waals surface area (Å²) in [6.45, 7) is 2.97. The molecule has 8 heteroatoms. The van der Waals surface area contributed by atoms with Crippen molar-refractivity contribution in [3.05, 3.63) is 41.3 Å². The van der Waals surface area contributed by atoms with E-state index in [1.807, 2.05) is 19.1 Å². The Labute approximate surface area is 148 Å². The molecule has 2 atom stereocenters. The fraction of sp³-hybridized carbons (Fsp3) is 0.353. The molecule has 0 saturated carbocycles. The van der Waals surface area contributed by atoms with Crippen molar-refractivity contribution in [1.29, 1.82) is 0 Å². The lowest BCUT2D eigenvalue weighted by Gasteiger charge is -2.18. The van der Waals surface area contributed by atoms with Gasteiger partial charge in [-0.2, -0.15) is 0 Å². The second-order valence-electron chi connectivity index (χ2n) is 6.25. The zero-order valence-electron chi connectivity index (χ0n) is 13.7. The third kappa shape index (κ3) is 3.35. The second kappa shape index (κ2) is 6.45. The van der Waals surface area contributed by atoms with E-state index in [0.29, 0.717) is 30.3 Å². The Morgan fingerprint density at radius 2 is 2.28 bits per heavy atom. The van der Waals surface area contributed by atoms with Gasteiger partial charge in [-0.15, -0.1) is 0 Å².